The number of benzene rings is 1. The molecule has 18 heavy (non-hydrogen) atoms. The number of carboxylic acids is 1. The molecule has 1 heterocycles. The largest absolute Gasteiger partial charge is 0.478 e. The van der Waals surface area contributed by atoms with Gasteiger partial charge >= 0.3 is 5.97 Å². The number of rotatable bonds is 4. The Balaban J connectivity index is 2.78. The summed E-state index contributed by atoms with van der Waals surface area (Å²) >= 11 is 0. The SMILES string of the molecule is CC(C)n1cc(CCN)c2c(C(=O)O)cccc21. The number of aromatic nitrogens is 1. The lowest BCUT2D eigenvalue weighted by Crippen LogP contribution is -2.04. The van der Waals surface area contributed by atoms with E-state index in [9.17, 15) is 9.90 Å². The van der Waals surface area contributed by atoms with Crippen LogP contribution in [0.15, 0.2) is 24.4 Å². The van der Waals surface area contributed by atoms with Crippen LogP contribution in [0, 0.1) is 0 Å². The molecule has 4 heteroatoms. The molecule has 2 aromatic rings. The van der Waals surface area contributed by atoms with Crippen molar-refractivity contribution in [3.05, 3.63) is 35.5 Å². The van der Waals surface area contributed by atoms with Crippen LogP contribution in [0.5, 0.6) is 0 Å². The molecule has 0 fully saturated rings. The highest BCUT2D eigenvalue weighted by atomic mass is 16.4. The van der Waals surface area contributed by atoms with Gasteiger partial charge in [0.05, 0.1) is 5.56 Å². The zero-order chi connectivity index (χ0) is 13.3. The van der Waals surface area contributed by atoms with Crippen molar-refractivity contribution < 1.29 is 9.90 Å². The first-order valence-electron chi connectivity index (χ1n) is 6.12. The summed E-state index contributed by atoms with van der Waals surface area (Å²) in [5, 5.41) is 10.1. The van der Waals surface area contributed by atoms with Crippen molar-refractivity contribution in [2.45, 2.75) is 26.3 Å². The number of carbonyl (C=O) groups is 1. The normalized spacial score (nSPS) is 11.3. The summed E-state index contributed by atoms with van der Waals surface area (Å²) < 4.78 is 2.10. The molecule has 0 bridgehead atoms. The Hall–Kier alpha value is -1.81. The molecular formula is C14H18N2O2. The smallest absolute Gasteiger partial charge is 0.336 e. The molecule has 96 valence electrons. The topological polar surface area (TPSA) is 68.2 Å². The Kier molecular flexibility index (Phi) is 3.39. The third-order valence-corrected chi connectivity index (χ3v) is 3.14. The molecule has 0 amide bonds. The van der Waals surface area contributed by atoms with Gasteiger partial charge in [0.25, 0.3) is 0 Å². The van der Waals surface area contributed by atoms with Gasteiger partial charge in [0, 0.05) is 23.1 Å². The first-order chi connectivity index (χ1) is 8.56. The second kappa shape index (κ2) is 4.82. The monoisotopic (exact) mass is 246 g/mol. The number of aromatic carboxylic acids is 1. The van der Waals surface area contributed by atoms with E-state index in [1.165, 1.54) is 0 Å². The minimum atomic E-state index is -0.889. The first-order valence-corrected chi connectivity index (χ1v) is 6.12. The van der Waals surface area contributed by atoms with Crippen molar-refractivity contribution in [3.63, 3.8) is 0 Å². The average molecular weight is 246 g/mol. The van der Waals surface area contributed by atoms with Crippen molar-refractivity contribution in [2.75, 3.05) is 6.54 Å². The van der Waals surface area contributed by atoms with Crippen LogP contribution in [0.4, 0.5) is 0 Å². The molecule has 0 saturated carbocycles. The van der Waals surface area contributed by atoms with Crippen molar-refractivity contribution in [1.29, 1.82) is 0 Å². The molecule has 0 aliphatic carbocycles. The maximum atomic E-state index is 11.3. The molecule has 0 saturated heterocycles. The number of nitrogens with zero attached hydrogens (tertiary/aromatic N) is 1. The van der Waals surface area contributed by atoms with E-state index in [2.05, 4.69) is 18.4 Å². The van der Waals surface area contributed by atoms with Crippen LogP contribution in [-0.4, -0.2) is 22.2 Å². The van der Waals surface area contributed by atoms with Gasteiger partial charge in [-0.3, -0.25) is 0 Å². The first kappa shape index (κ1) is 12.6. The highest BCUT2D eigenvalue weighted by Crippen LogP contribution is 2.28. The molecule has 1 aromatic heterocycles. The predicted molar refractivity (Wildman–Crippen MR) is 72.0 cm³/mol. The minimum Gasteiger partial charge on any atom is -0.478 e. The van der Waals surface area contributed by atoms with Crippen molar-refractivity contribution in [3.8, 4) is 0 Å². The number of hydrogen-bond donors (Lipinski definition) is 2. The summed E-state index contributed by atoms with van der Waals surface area (Å²) in [5.41, 5.74) is 7.94. The van der Waals surface area contributed by atoms with Crippen LogP contribution < -0.4 is 5.73 Å². The Morgan fingerprint density at radius 3 is 2.72 bits per heavy atom. The van der Waals surface area contributed by atoms with Crippen LogP contribution in [0.2, 0.25) is 0 Å². The van der Waals surface area contributed by atoms with Gasteiger partial charge in [0.1, 0.15) is 0 Å². The van der Waals surface area contributed by atoms with Gasteiger partial charge in [-0.15, -0.1) is 0 Å². The number of nitrogens with two attached hydrogens (primary N) is 1. The lowest BCUT2D eigenvalue weighted by molar-refractivity contribution is 0.0699. The molecule has 0 radical (unpaired) electrons. The Morgan fingerprint density at radius 2 is 2.17 bits per heavy atom. The van der Waals surface area contributed by atoms with Crippen LogP contribution >= 0.6 is 0 Å². The lowest BCUT2D eigenvalue weighted by Gasteiger charge is -2.09. The average Bonchev–Trinajstić information content (AvgIpc) is 2.69. The maximum absolute atomic E-state index is 11.3. The van der Waals surface area contributed by atoms with E-state index in [1.807, 2.05) is 12.3 Å². The lowest BCUT2D eigenvalue weighted by atomic mass is 10.0. The van der Waals surface area contributed by atoms with E-state index < -0.39 is 5.97 Å². The standard InChI is InChI=1S/C14H18N2O2/c1-9(2)16-8-10(6-7-15)13-11(14(17)18)4-3-5-12(13)16/h3-5,8-9H,6-7,15H2,1-2H3,(H,17,18). The third kappa shape index (κ3) is 1.99. The molecule has 1 aromatic carbocycles. The molecule has 0 atom stereocenters. The summed E-state index contributed by atoms with van der Waals surface area (Å²) in [6.07, 6.45) is 2.72. The molecule has 0 aliphatic heterocycles. The van der Waals surface area contributed by atoms with Gasteiger partial charge in [-0.05, 0) is 44.5 Å². The Bertz CT molecular complexity index is 585. The summed E-state index contributed by atoms with van der Waals surface area (Å²) in [7, 11) is 0. The predicted octanol–water partition coefficient (Wildman–Crippen LogP) is 2.42. The number of hydrogen-bond acceptors (Lipinski definition) is 2. The van der Waals surface area contributed by atoms with Gasteiger partial charge in [0.2, 0.25) is 0 Å². The zero-order valence-corrected chi connectivity index (χ0v) is 10.7. The van der Waals surface area contributed by atoms with Crippen LogP contribution in [-0.2, 0) is 6.42 Å². The van der Waals surface area contributed by atoms with Gasteiger partial charge in [-0.1, -0.05) is 6.07 Å². The molecule has 0 aliphatic rings. The fourth-order valence-corrected chi connectivity index (χ4v) is 2.35. The van der Waals surface area contributed by atoms with Gasteiger partial charge in [-0.2, -0.15) is 0 Å². The van der Waals surface area contributed by atoms with Crippen molar-refractivity contribution in [2.24, 2.45) is 5.73 Å². The van der Waals surface area contributed by atoms with E-state index in [0.29, 0.717) is 24.6 Å². The van der Waals surface area contributed by atoms with Crippen molar-refractivity contribution >= 4 is 16.9 Å². The summed E-state index contributed by atoms with van der Waals surface area (Å²) in [6.45, 7) is 4.68. The second-order valence-corrected chi connectivity index (χ2v) is 4.70. The van der Waals surface area contributed by atoms with E-state index >= 15 is 0 Å². The summed E-state index contributed by atoms with van der Waals surface area (Å²) in [5.74, 6) is -0.889. The second-order valence-electron chi connectivity index (χ2n) is 4.70. The Labute approximate surface area is 106 Å². The molecule has 0 spiro atoms. The third-order valence-electron chi connectivity index (χ3n) is 3.14. The molecular weight excluding hydrogens is 228 g/mol. The zero-order valence-electron chi connectivity index (χ0n) is 10.7. The fraction of sp³-hybridized carbons (Fsp3) is 0.357. The molecule has 3 N–H and O–H groups in total. The molecule has 2 rings (SSSR count). The summed E-state index contributed by atoms with van der Waals surface area (Å²) in [4.78, 5) is 11.3. The quantitative estimate of drug-likeness (QED) is 0.870. The van der Waals surface area contributed by atoms with Gasteiger partial charge in [-0.25, -0.2) is 4.79 Å². The highest BCUT2D eigenvalue weighted by molar-refractivity contribution is 6.04. The maximum Gasteiger partial charge on any atom is 0.336 e. The van der Waals surface area contributed by atoms with E-state index in [-0.39, 0.29) is 0 Å². The van der Waals surface area contributed by atoms with E-state index in [4.69, 9.17) is 5.73 Å². The van der Waals surface area contributed by atoms with Gasteiger partial charge < -0.3 is 15.4 Å². The Morgan fingerprint density at radius 1 is 1.44 bits per heavy atom. The van der Waals surface area contributed by atoms with Crippen molar-refractivity contribution in [1.82, 2.24) is 4.57 Å². The minimum absolute atomic E-state index is 0.295. The van der Waals surface area contributed by atoms with Gasteiger partial charge in [0.15, 0.2) is 0 Å². The van der Waals surface area contributed by atoms with Crippen LogP contribution in [0.3, 0.4) is 0 Å². The van der Waals surface area contributed by atoms with E-state index in [1.54, 1.807) is 12.1 Å². The van der Waals surface area contributed by atoms with Crippen LogP contribution in [0.1, 0.15) is 35.8 Å². The highest BCUT2D eigenvalue weighted by Gasteiger charge is 2.16. The van der Waals surface area contributed by atoms with Crippen LogP contribution in [0.25, 0.3) is 10.9 Å². The summed E-state index contributed by atoms with van der Waals surface area (Å²) in [6, 6.07) is 5.69. The fourth-order valence-electron chi connectivity index (χ4n) is 2.35. The molecule has 0 unspecified atom stereocenters. The number of fused-ring (bicyclic) bond motifs is 1. The molecule has 4 nitrogen and oxygen atoms in total. The number of carboxylic acid groups (broad SMARTS) is 1. The van der Waals surface area contributed by atoms with E-state index in [0.717, 1.165) is 16.5 Å².